The number of pyridine rings is 1. The Morgan fingerprint density at radius 1 is 0.500 bits per heavy atom. The second-order valence-electron chi connectivity index (χ2n) is 14.9. The smallest absolute Gasteiger partial charge is 0.135 e. The summed E-state index contributed by atoms with van der Waals surface area (Å²) in [5.41, 5.74) is 16.3. The van der Waals surface area contributed by atoms with Crippen molar-refractivity contribution in [1.29, 1.82) is 0 Å². The van der Waals surface area contributed by atoms with Gasteiger partial charge in [0.2, 0.25) is 0 Å². The third-order valence-corrected chi connectivity index (χ3v) is 11.4. The molecule has 0 radical (unpaired) electrons. The van der Waals surface area contributed by atoms with E-state index in [0.29, 0.717) is 6.54 Å². The zero-order valence-electron chi connectivity index (χ0n) is 31.7. The molecule has 3 aromatic heterocycles. The van der Waals surface area contributed by atoms with Crippen LogP contribution in [0.3, 0.4) is 0 Å². The highest BCUT2D eigenvalue weighted by atomic mass is 16.3. The number of fused-ring (bicyclic) bond motifs is 7. The van der Waals surface area contributed by atoms with E-state index in [9.17, 15) is 0 Å². The maximum absolute atomic E-state index is 6.18. The van der Waals surface area contributed by atoms with Gasteiger partial charge in [-0.25, -0.2) is 0 Å². The highest BCUT2D eigenvalue weighted by Gasteiger charge is 2.20. The van der Waals surface area contributed by atoms with Crippen LogP contribution in [0.4, 0.5) is 11.4 Å². The number of nitrogens with zero attached hydrogens (tertiary/aromatic N) is 3. The Labute approximate surface area is 336 Å². The third kappa shape index (κ3) is 5.74. The molecule has 0 N–H and O–H groups in total. The minimum Gasteiger partial charge on any atom is -0.456 e. The first-order chi connectivity index (χ1) is 28.7. The van der Waals surface area contributed by atoms with E-state index in [1.807, 2.05) is 30.6 Å². The monoisotopic (exact) mass is 743 g/mol. The van der Waals surface area contributed by atoms with Gasteiger partial charge in [-0.15, -0.1) is 0 Å². The molecule has 0 spiro atoms. The van der Waals surface area contributed by atoms with Crippen LogP contribution >= 0.6 is 0 Å². The molecule has 7 aromatic carbocycles. The summed E-state index contributed by atoms with van der Waals surface area (Å²) in [7, 11) is 0. The van der Waals surface area contributed by atoms with Crippen molar-refractivity contribution in [2.75, 3.05) is 11.4 Å². The largest absolute Gasteiger partial charge is 0.456 e. The van der Waals surface area contributed by atoms with Crippen LogP contribution in [0.2, 0.25) is 0 Å². The van der Waals surface area contributed by atoms with E-state index >= 15 is 0 Å². The lowest BCUT2D eigenvalue weighted by Crippen LogP contribution is -2.18. The van der Waals surface area contributed by atoms with Gasteiger partial charge < -0.3 is 13.9 Å². The van der Waals surface area contributed by atoms with Gasteiger partial charge in [-0.05, 0) is 112 Å². The SMILES string of the molecule is C=C1/C=C\C=C/CN(c2ccc3oc4ccccc4c3c2)c2ccc(-c3ccc4c(c3)c3ccccc3n4-c3cc(-c4ccccc4)cc(-c4cccnc4)c3)cc21. The van der Waals surface area contributed by atoms with Crippen LogP contribution in [-0.4, -0.2) is 16.1 Å². The van der Waals surface area contributed by atoms with Crippen molar-refractivity contribution < 1.29 is 4.42 Å². The number of rotatable bonds is 5. The van der Waals surface area contributed by atoms with E-state index in [1.54, 1.807) is 0 Å². The number of aromatic nitrogens is 2. The predicted molar refractivity (Wildman–Crippen MR) is 243 cm³/mol. The molecule has 10 aromatic rings. The highest BCUT2D eigenvalue weighted by Crippen LogP contribution is 2.41. The van der Waals surface area contributed by atoms with Crippen LogP contribution in [0.5, 0.6) is 0 Å². The molecule has 0 aliphatic carbocycles. The molecule has 4 heterocycles. The van der Waals surface area contributed by atoms with E-state index in [0.717, 1.165) is 89.0 Å². The Bertz CT molecular complexity index is 3220. The first-order valence-corrected chi connectivity index (χ1v) is 19.7. The Hall–Kier alpha value is -7.69. The first kappa shape index (κ1) is 33.6. The van der Waals surface area contributed by atoms with Gasteiger partial charge >= 0.3 is 0 Å². The lowest BCUT2D eigenvalue weighted by molar-refractivity contribution is 0.669. The van der Waals surface area contributed by atoms with E-state index in [4.69, 9.17) is 4.42 Å². The number of furan rings is 1. The average Bonchev–Trinajstić information content (AvgIpc) is 3.84. The fourth-order valence-electron chi connectivity index (χ4n) is 8.61. The fraction of sp³-hybridized carbons (Fsp3) is 0.0185. The molecule has 0 saturated carbocycles. The van der Waals surface area contributed by atoms with Crippen LogP contribution in [0.1, 0.15) is 5.56 Å². The first-order valence-electron chi connectivity index (χ1n) is 19.7. The summed E-state index contributed by atoms with van der Waals surface area (Å²) in [6.07, 6.45) is 12.3. The lowest BCUT2D eigenvalue weighted by Gasteiger charge is -2.27. The molecule has 0 fully saturated rings. The molecule has 4 nitrogen and oxygen atoms in total. The summed E-state index contributed by atoms with van der Waals surface area (Å²) in [6.45, 7) is 5.27. The lowest BCUT2D eigenvalue weighted by atomic mass is 9.96. The molecule has 0 atom stereocenters. The molecule has 11 rings (SSSR count). The van der Waals surface area contributed by atoms with Crippen molar-refractivity contribution >= 4 is 60.7 Å². The van der Waals surface area contributed by atoms with E-state index < -0.39 is 0 Å². The van der Waals surface area contributed by atoms with Gasteiger partial charge in [0, 0.05) is 68.7 Å². The summed E-state index contributed by atoms with van der Waals surface area (Å²) in [5, 5.41) is 4.65. The van der Waals surface area contributed by atoms with Crippen LogP contribution in [0.15, 0.2) is 211 Å². The Morgan fingerprint density at radius 2 is 1.24 bits per heavy atom. The van der Waals surface area contributed by atoms with Gasteiger partial charge in [-0.3, -0.25) is 4.98 Å². The average molecular weight is 744 g/mol. The van der Waals surface area contributed by atoms with Crippen molar-refractivity contribution in [3.63, 3.8) is 0 Å². The Kier molecular flexibility index (Phi) is 8.00. The summed E-state index contributed by atoms with van der Waals surface area (Å²) in [5.74, 6) is 0. The number of anilines is 2. The van der Waals surface area contributed by atoms with Crippen molar-refractivity contribution in [3.8, 4) is 39.1 Å². The molecule has 1 aliphatic rings. The van der Waals surface area contributed by atoms with Gasteiger partial charge in [0.1, 0.15) is 11.2 Å². The maximum atomic E-state index is 6.18. The molecule has 0 unspecified atom stereocenters. The molecule has 1 aliphatic heterocycles. The summed E-state index contributed by atoms with van der Waals surface area (Å²) in [4.78, 5) is 6.82. The minimum atomic E-state index is 0.713. The van der Waals surface area contributed by atoms with Gasteiger partial charge in [-0.2, -0.15) is 0 Å². The normalized spacial score (nSPS) is 14.1. The molecule has 0 amide bonds. The minimum absolute atomic E-state index is 0.713. The number of benzene rings is 7. The second kappa shape index (κ2) is 13.8. The molecular weight excluding hydrogens is 707 g/mol. The number of hydrogen-bond acceptors (Lipinski definition) is 3. The molecular formula is C54H37N3O. The maximum Gasteiger partial charge on any atom is 0.135 e. The third-order valence-electron chi connectivity index (χ3n) is 11.4. The van der Waals surface area contributed by atoms with Crippen LogP contribution in [0, 0.1) is 0 Å². The summed E-state index contributed by atoms with van der Waals surface area (Å²) >= 11 is 0. The molecule has 58 heavy (non-hydrogen) atoms. The van der Waals surface area contributed by atoms with Crippen molar-refractivity contribution in [2.45, 2.75) is 0 Å². The Morgan fingerprint density at radius 3 is 2.12 bits per heavy atom. The summed E-state index contributed by atoms with van der Waals surface area (Å²) < 4.78 is 8.59. The van der Waals surface area contributed by atoms with Crippen molar-refractivity contribution in [3.05, 3.63) is 213 Å². The quantitative estimate of drug-likeness (QED) is 0.176. The van der Waals surface area contributed by atoms with Gasteiger partial charge in [0.05, 0.1) is 11.0 Å². The van der Waals surface area contributed by atoms with Crippen LogP contribution < -0.4 is 4.90 Å². The van der Waals surface area contributed by atoms with Gasteiger partial charge in [0.15, 0.2) is 0 Å². The zero-order chi connectivity index (χ0) is 38.6. The van der Waals surface area contributed by atoms with Crippen LogP contribution in [0.25, 0.3) is 88.4 Å². The van der Waals surface area contributed by atoms with Crippen LogP contribution in [-0.2, 0) is 0 Å². The predicted octanol–water partition coefficient (Wildman–Crippen LogP) is 14.4. The van der Waals surface area contributed by atoms with E-state index in [1.165, 1.54) is 16.3 Å². The number of allylic oxidation sites excluding steroid dienone is 4. The summed E-state index contributed by atoms with van der Waals surface area (Å²) in [6, 6.07) is 58.8. The van der Waals surface area contributed by atoms with Gasteiger partial charge in [-0.1, -0.05) is 116 Å². The number of para-hydroxylation sites is 2. The topological polar surface area (TPSA) is 34.2 Å². The van der Waals surface area contributed by atoms with E-state index in [-0.39, 0.29) is 0 Å². The Balaban J connectivity index is 1.05. The molecule has 274 valence electrons. The highest BCUT2D eigenvalue weighted by molar-refractivity contribution is 6.11. The number of hydrogen-bond donors (Lipinski definition) is 0. The van der Waals surface area contributed by atoms with Gasteiger partial charge in [0.25, 0.3) is 0 Å². The molecule has 4 heteroatoms. The van der Waals surface area contributed by atoms with Crippen molar-refractivity contribution in [1.82, 2.24) is 9.55 Å². The molecule has 0 saturated heterocycles. The second-order valence-corrected chi connectivity index (χ2v) is 14.9. The van der Waals surface area contributed by atoms with E-state index in [2.05, 4.69) is 191 Å². The fourth-order valence-corrected chi connectivity index (χ4v) is 8.61. The van der Waals surface area contributed by atoms with Crippen molar-refractivity contribution in [2.24, 2.45) is 0 Å². The molecule has 0 bridgehead atoms. The standard InChI is InChI=1S/C54H37N3O/c1-36-13-4-3-11-28-56(43-23-26-54-49(34-43)46-18-8-10-20-53(46)58-54)50-24-21-38(32-47(36)50)39-22-25-52-48(33-39)45-17-7-9-19-51(45)57(52)44-30-41(37-14-5-2-6-15-37)29-42(31-44)40-16-12-27-55-35-40/h2-27,29-35H,1,28H2/b11-3-,13-4-. The zero-order valence-corrected chi connectivity index (χ0v) is 31.7.